The van der Waals surface area contributed by atoms with Gasteiger partial charge in [0.2, 0.25) is 0 Å². The van der Waals surface area contributed by atoms with E-state index in [0.717, 1.165) is 25.7 Å². The molecule has 0 bridgehead atoms. The third-order valence-electron chi connectivity index (χ3n) is 6.19. The first-order chi connectivity index (χ1) is 16.1. The van der Waals surface area contributed by atoms with Gasteiger partial charge >= 0.3 is 11.9 Å². The van der Waals surface area contributed by atoms with E-state index in [2.05, 4.69) is 13.8 Å². The molecule has 0 aromatic rings. The molecule has 0 radical (unpaired) electrons. The van der Waals surface area contributed by atoms with Crippen LogP contribution in [-0.4, -0.2) is 31.2 Å². The number of rotatable bonds is 25. The smallest absolute Gasteiger partial charge is 0.323 e. The second-order valence-electron chi connectivity index (χ2n) is 9.56. The van der Waals surface area contributed by atoms with E-state index in [1.165, 1.54) is 103 Å². The van der Waals surface area contributed by atoms with Gasteiger partial charge in [-0.15, -0.1) is 12.4 Å². The van der Waals surface area contributed by atoms with Crippen molar-refractivity contribution in [3.8, 4) is 0 Å². The van der Waals surface area contributed by atoms with E-state index >= 15 is 0 Å². The molecule has 0 rings (SSSR count). The summed E-state index contributed by atoms with van der Waals surface area (Å²) in [5, 5.41) is 0. The van der Waals surface area contributed by atoms with Crippen molar-refractivity contribution in [1.82, 2.24) is 0 Å². The largest absolute Gasteiger partial charge is 0.466 e. The average molecular weight is 506 g/mol. The standard InChI is InChI=1S/C28H55NO4.ClH/c1-3-5-7-9-11-13-15-17-19-21-23-32-27(30)25-26(29)28(31)33-24-22-20-18-16-14-12-10-8-6-4-2;/h26H,3-25,29H2,1-2H3;1H/t26-;/m0./s1. The second kappa shape index (κ2) is 28.4. The number of carbonyl (C=O) groups is 2. The summed E-state index contributed by atoms with van der Waals surface area (Å²) in [6, 6.07) is -0.923. The number of ether oxygens (including phenoxy) is 2. The van der Waals surface area contributed by atoms with Gasteiger partial charge in [-0.1, -0.05) is 129 Å². The molecule has 2 N–H and O–H groups in total. The number of nitrogens with two attached hydrogens (primary N) is 1. The first kappa shape index (κ1) is 35.4. The van der Waals surface area contributed by atoms with Crippen molar-refractivity contribution in [2.45, 2.75) is 155 Å². The summed E-state index contributed by atoms with van der Waals surface area (Å²) in [6.45, 7) is 5.28. The lowest BCUT2D eigenvalue weighted by Crippen LogP contribution is -2.35. The molecular weight excluding hydrogens is 450 g/mol. The summed E-state index contributed by atoms with van der Waals surface area (Å²) < 4.78 is 10.4. The Kier molecular flexibility index (Phi) is 29.6. The Balaban J connectivity index is 0. The van der Waals surface area contributed by atoms with Gasteiger partial charge in [-0.05, 0) is 12.8 Å². The molecular formula is C28H56ClNO4. The third kappa shape index (κ3) is 25.8. The van der Waals surface area contributed by atoms with E-state index in [1.54, 1.807) is 0 Å². The zero-order chi connectivity index (χ0) is 24.4. The molecule has 0 amide bonds. The molecule has 0 aliphatic rings. The molecule has 6 heteroatoms. The Hall–Kier alpha value is -0.810. The molecule has 0 unspecified atom stereocenters. The van der Waals surface area contributed by atoms with Crippen molar-refractivity contribution in [3.05, 3.63) is 0 Å². The zero-order valence-electron chi connectivity index (χ0n) is 22.5. The number of carbonyl (C=O) groups excluding carboxylic acids is 2. The number of hydrogen-bond donors (Lipinski definition) is 1. The van der Waals surface area contributed by atoms with Gasteiger partial charge in [0.05, 0.1) is 19.6 Å². The molecule has 5 nitrogen and oxygen atoms in total. The van der Waals surface area contributed by atoms with Crippen molar-refractivity contribution < 1.29 is 19.1 Å². The summed E-state index contributed by atoms with van der Waals surface area (Å²) >= 11 is 0. The van der Waals surface area contributed by atoms with Gasteiger partial charge in [0.25, 0.3) is 0 Å². The monoisotopic (exact) mass is 505 g/mol. The SMILES string of the molecule is CCCCCCCCCCCCOC(=O)C[C@H](N)C(=O)OCCCCCCCCCCCC.Cl. The van der Waals surface area contributed by atoms with Crippen molar-refractivity contribution in [2.24, 2.45) is 5.73 Å². The van der Waals surface area contributed by atoms with Gasteiger partial charge < -0.3 is 15.2 Å². The second-order valence-corrected chi connectivity index (χ2v) is 9.56. The minimum Gasteiger partial charge on any atom is -0.466 e. The van der Waals surface area contributed by atoms with E-state index in [4.69, 9.17) is 15.2 Å². The minimum atomic E-state index is -0.923. The van der Waals surface area contributed by atoms with Crippen LogP contribution in [0.4, 0.5) is 0 Å². The van der Waals surface area contributed by atoms with Crippen LogP contribution in [0.25, 0.3) is 0 Å². The fraction of sp³-hybridized carbons (Fsp3) is 0.929. The molecule has 0 aliphatic heterocycles. The Bertz CT molecular complexity index is 448. The van der Waals surface area contributed by atoms with Gasteiger partial charge in [-0.3, -0.25) is 9.59 Å². The van der Waals surface area contributed by atoms with Crippen molar-refractivity contribution >= 4 is 24.3 Å². The summed E-state index contributed by atoms with van der Waals surface area (Å²) in [7, 11) is 0. The minimum absolute atomic E-state index is 0. The van der Waals surface area contributed by atoms with Gasteiger partial charge in [0, 0.05) is 0 Å². The number of hydrogen-bond acceptors (Lipinski definition) is 5. The zero-order valence-corrected chi connectivity index (χ0v) is 23.3. The van der Waals surface area contributed by atoms with Gasteiger partial charge in [0.1, 0.15) is 6.04 Å². The lowest BCUT2D eigenvalue weighted by atomic mass is 10.1. The molecule has 0 aromatic heterocycles. The Labute approximate surface area is 217 Å². The maximum Gasteiger partial charge on any atom is 0.323 e. The average Bonchev–Trinajstić information content (AvgIpc) is 2.80. The van der Waals surface area contributed by atoms with Crippen LogP contribution in [0.2, 0.25) is 0 Å². The molecule has 0 aromatic carbocycles. The predicted octanol–water partition coefficient (Wildman–Crippen LogP) is 8.05. The van der Waals surface area contributed by atoms with Crippen LogP contribution >= 0.6 is 12.4 Å². The van der Waals surface area contributed by atoms with Gasteiger partial charge in [0.15, 0.2) is 0 Å². The Morgan fingerprint density at radius 1 is 0.559 bits per heavy atom. The normalized spacial score (nSPS) is 11.6. The summed E-state index contributed by atoms with van der Waals surface area (Å²) in [4.78, 5) is 23.8. The van der Waals surface area contributed by atoms with Crippen LogP contribution in [0.15, 0.2) is 0 Å². The summed E-state index contributed by atoms with van der Waals surface area (Å²) in [6.07, 6.45) is 24.7. The van der Waals surface area contributed by atoms with E-state index in [9.17, 15) is 9.59 Å². The maximum atomic E-state index is 11.9. The van der Waals surface area contributed by atoms with Gasteiger partial charge in [-0.25, -0.2) is 0 Å². The quantitative estimate of drug-likeness (QED) is 0.100. The molecule has 0 aliphatic carbocycles. The lowest BCUT2D eigenvalue weighted by Gasteiger charge is -2.11. The Morgan fingerprint density at radius 2 is 0.882 bits per heavy atom. The van der Waals surface area contributed by atoms with Crippen molar-refractivity contribution in [2.75, 3.05) is 13.2 Å². The van der Waals surface area contributed by atoms with E-state index in [0.29, 0.717) is 13.2 Å². The highest BCUT2D eigenvalue weighted by Gasteiger charge is 2.19. The molecule has 0 saturated heterocycles. The van der Waals surface area contributed by atoms with E-state index in [1.807, 2.05) is 0 Å². The molecule has 1 atom stereocenters. The lowest BCUT2D eigenvalue weighted by molar-refractivity contribution is -0.152. The first-order valence-electron chi connectivity index (χ1n) is 14.2. The highest BCUT2D eigenvalue weighted by molar-refractivity contribution is 5.85. The van der Waals surface area contributed by atoms with E-state index < -0.39 is 18.0 Å². The van der Waals surface area contributed by atoms with Crippen LogP contribution in [0, 0.1) is 0 Å². The van der Waals surface area contributed by atoms with Crippen LogP contribution in [-0.2, 0) is 19.1 Å². The molecule has 34 heavy (non-hydrogen) atoms. The highest BCUT2D eigenvalue weighted by atomic mass is 35.5. The third-order valence-corrected chi connectivity index (χ3v) is 6.19. The number of esters is 2. The Morgan fingerprint density at radius 3 is 1.26 bits per heavy atom. The van der Waals surface area contributed by atoms with E-state index in [-0.39, 0.29) is 18.8 Å². The van der Waals surface area contributed by atoms with Crippen LogP contribution < -0.4 is 5.73 Å². The van der Waals surface area contributed by atoms with Crippen LogP contribution in [0.1, 0.15) is 149 Å². The van der Waals surface area contributed by atoms with Crippen molar-refractivity contribution in [3.63, 3.8) is 0 Å². The molecule has 0 spiro atoms. The molecule has 204 valence electrons. The first-order valence-corrected chi connectivity index (χ1v) is 14.2. The molecule has 0 heterocycles. The number of halogens is 1. The van der Waals surface area contributed by atoms with Crippen LogP contribution in [0.3, 0.4) is 0 Å². The highest BCUT2D eigenvalue weighted by Crippen LogP contribution is 2.12. The van der Waals surface area contributed by atoms with Crippen LogP contribution in [0.5, 0.6) is 0 Å². The predicted molar refractivity (Wildman–Crippen MR) is 145 cm³/mol. The summed E-state index contributed by atoms with van der Waals surface area (Å²) in [5.41, 5.74) is 5.80. The fourth-order valence-corrected chi connectivity index (χ4v) is 3.97. The topological polar surface area (TPSA) is 78.6 Å². The molecule has 0 fully saturated rings. The van der Waals surface area contributed by atoms with Gasteiger partial charge in [-0.2, -0.15) is 0 Å². The maximum absolute atomic E-state index is 11.9. The number of unbranched alkanes of at least 4 members (excludes halogenated alkanes) is 18. The summed E-state index contributed by atoms with van der Waals surface area (Å²) in [5.74, 6) is -0.906. The van der Waals surface area contributed by atoms with Crippen molar-refractivity contribution in [1.29, 1.82) is 0 Å². The molecule has 0 saturated carbocycles. The fourth-order valence-electron chi connectivity index (χ4n) is 3.97.